The fourth-order valence-corrected chi connectivity index (χ4v) is 1.91. The molecule has 0 aliphatic rings. The van der Waals surface area contributed by atoms with Crippen LogP contribution in [-0.4, -0.2) is 29.8 Å². The van der Waals surface area contributed by atoms with Gasteiger partial charge in [0.15, 0.2) is 0 Å². The highest BCUT2D eigenvalue weighted by atomic mass is 16.5. The number of ether oxygens (including phenoxy) is 1. The molecule has 0 aromatic heterocycles. The second-order valence-electron chi connectivity index (χ2n) is 4.89. The number of esters is 1. The summed E-state index contributed by atoms with van der Waals surface area (Å²) in [5.41, 5.74) is 0.334. The molecular weight excluding hydrogens is 254 g/mol. The van der Waals surface area contributed by atoms with Crippen molar-refractivity contribution >= 4 is 5.97 Å². The van der Waals surface area contributed by atoms with Gasteiger partial charge in [0.1, 0.15) is 11.3 Å². The number of phenolic OH excluding ortho intramolecular Hbond substituents is 1. The van der Waals surface area contributed by atoms with E-state index in [-0.39, 0.29) is 11.7 Å². The van der Waals surface area contributed by atoms with Crippen molar-refractivity contribution < 1.29 is 14.6 Å². The zero-order chi connectivity index (χ0) is 15.0. The van der Waals surface area contributed by atoms with E-state index in [9.17, 15) is 9.90 Å². The average Bonchev–Trinajstić information content (AvgIpc) is 2.45. The Morgan fingerprint density at radius 3 is 2.65 bits per heavy atom. The molecule has 1 unspecified atom stereocenters. The third-order valence-corrected chi connectivity index (χ3v) is 3.21. The quantitative estimate of drug-likeness (QED) is 0.566. The number of aryl methyl sites for hydroxylation is 1. The fraction of sp³-hybridized carbons (Fsp3) is 0.438. The Bertz CT molecular complexity index is 442. The maximum atomic E-state index is 12.1. The molecule has 0 heterocycles. The molecule has 1 atom stereocenters. The molecular formula is C16H23NO3. The first kappa shape index (κ1) is 16.2. The first-order valence-corrected chi connectivity index (χ1v) is 6.83. The fourth-order valence-electron chi connectivity index (χ4n) is 1.91. The molecule has 1 aromatic rings. The lowest BCUT2D eigenvalue weighted by atomic mass is 9.93. The number of hydrogen-bond donors (Lipinski definition) is 2. The van der Waals surface area contributed by atoms with Gasteiger partial charge >= 0.3 is 5.97 Å². The predicted octanol–water partition coefficient (Wildman–Crippen LogP) is 2.42. The molecule has 110 valence electrons. The van der Waals surface area contributed by atoms with E-state index in [1.54, 1.807) is 25.1 Å². The summed E-state index contributed by atoms with van der Waals surface area (Å²) < 4.78 is 5.14. The molecule has 1 aromatic carbocycles. The van der Waals surface area contributed by atoms with E-state index in [0.717, 1.165) is 12.0 Å². The molecule has 0 saturated heterocycles. The summed E-state index contributed by atoms with van der Waals surface area (Å²) in [4.78, 5) is 12.1. The Morgan fingerprint density at radius 1 is 1.45 bits per heavy atom. The van der Waals surface area contributed by atoms with E-state index in [2.05, 4.69) is 11.9 Å². The van der Waals surface area contributed by atoms with Gasteiger partial charge in [0.05, 0.1) is 6.61 Å². The molecule has 0 radical (unpaired) electrons. The zero-order valence-corrected chi connectivity index (χ0v) is 12.2. The van der Waals surface area contributed by atoms with Crippen LogP contribution >= 0.6 is 0 Å². The standard InChI is InChI=1S/C16H23NO3/c1-4-12-17-16(3,15(19)20-5-2)11-10-13-6-8-14(18)9-7-13/h4,6-9,17-18H,1,5,10-12H2,2-3H3. The molecule has 4 nitrogen and oxygen atoms in total. The number of carbonyl (C=O) groups is 1. The molecule has 2 N–H and O–H groups in total. The van der Waals surface area contributed by atoms with E-state index in [1.807, 2.05) is 19.1 Å². The van der Waals surface area contributed by atoms with Crippen LogP contribution in [0.1, 0.15) is 25.8 Å². The minimum atomic E-state index is -0.734. The third kappa shape index (κ3) is 4.70. The molecule has 1 rings (SSSR count). The highest BCUT2D eigenvalue weighted by Crippen LogP contribution is 2.18. The lowest BCUT2D eigenvalue weighted by Gasteiger charge is -2.28. The largest absolute Gasteiger partial charge is 0.508 e. The van der Waals surface area contributed by atoms with E-state index >= 15 is 0 Å². The summed E-state index contributed by atoms with van der Waals surface area (Å²) in [7, 11) is 0. The second-order valence-corrected chi connectivity index (χ2v) is 4.89. The van der Waals surface area contributed by atoms with Crippen LogP contribution in [0.4, 0.5) is 0 Å². The van der Waals surface area contributed by atoms with Gasteiger partial charge < -0.3 is 9.84 Å². The van der Waals surface area contributed by atoms with Crippen LogP contribution in [0.2, 0.25) is 0 Å². The van der Waals surface area contributed by atoms with Crippen LogP contribution in [0, 0.1) is 0 Å². The SMILES string of the molecule is C=CCNC(C)(CCc1ccc(O)cc1)C(=O)OCC. The predicted molar refractivity (Wildman–Crippen MR) is 79.7 cm³/mol. The van der Waals surface area contributed by atoms with Crippen molar-refractivity contribution in [2.75, 3.05) is 13.2 Å². The van der Waals surface area contributed by atoms with Crippen molar-refractivity contribution in [2.45, 2.75) is 32.2 Å². The van der Waals surface area contributed by atoms with Crippen molar-refractivity contribution in [1.29, 1.82) is 0 Å². The van der Waals surface area contributed by atoms with Gasteiger partial charge in [0, 0.05) is 6.54 Å². The summed E-state index contributed by atoms with van der Waals surface area (Å²) in [6, 6.07) is 7.01. The monoisotopic (exact) mass is 277 g/mol. The van der Waals surface area contributed by atoms with E-state index in [4.69, 9.17) is 4.74 Å². The van der Waals surface area contributed by atoms with Gasteiger partial charge in [-0.3, -0.25) is 10.1 Å². The van der Waals surface area contributed by atoms with Crippen molar-refractivity contribution in [3.8, 4) is 5.75 Å². The van der Waals surface area contributed by atoms with Gasteiger partial charge in [-0.15, -0.1) is 6.58 Å². The normalized spacial score (nSPS) is 13.5. The molecule has 0 saturated carbocycles. The number of benzene rings is 1. The Labute approximate surface area is 120 Å². The number of rotatable bonds is 8. The van der Waals surface area contributed by atoms with Crippen molar-refractivity contribution in [1.82, 2.24) is 5.32 Å². The smallest absolute Gasteiger partial charge is 0.326 e. The van der Waals surface area contributed by atoms with Crippen LogP contribution in [0.15, 0.2) is 36.9 Å². The van der Waals surface area contributed by atoms with Crippen LogP contribution < -0.4 is 5.32 Å². The van der Waals surface area contributed by atoms with E-state index in [0.29, 0.717) is 19.6 Å². The van der Waals surface area contributed by atoms with Crippen LogP contribution in [0.5, 0.6) is 5.75 Å². The van der Waals surface area contributed by atoms with Crippen molar-refractivity contribution in [3.63, 3.8) is 0 Å². The lowest BCUT2D eigenvalue weighted by molar-refractivity contribution is -0.150. The maximum absolute atomic E-state index is 12.1. The second kappa shape index (κ2) is 7.70. The van der Waals surface area contributed by atoms with Crippen LogP contribution in [0.3, 0.4) is 0 Å². The van der Waals surface area contributed by atoms with Gasteiger partial charge in [-0.1, -0.05) is 18.2 Å². The number of hydrogen-bond acceptors (Lipinski definition) is 4. The molecule has 0 amide bonds. The molecule has 20 heavy (non-hydrogen) atoms. The van der Waals surface area contributed by atoms with E-state index in [1.165, 1.54) is 0 Å². The summed E-state index contributed by atoms with van der Waals surface area (Å²) in [5.74, 6) is -0.00712. The first-order valence-electron chi connectivity index (χ1n) is 6.83. The molecule has 0 aliphatic carbocycles. The molecule has 4 heteroatoms. The first-order chi connectivity index (χ1) is 9.51. The van der Waals surface area contributed by atoms with Gasteiger partial charge in [0.2, 0.25) is 0 Å². The number of carbonyl (C=O) groups excluding carboxylic acids is 1. The Balaban J connectivity index is 2.70. The molecule has 0 spiro atoms. The minimum absolute atomic E-state index is 0.242. The van der Waals surface area contributed by atoms with Crippen LogP contribution in [-0.2, 0) is 16.0 Å². The Hall–Kier alpha value is -1.81. The third-order valence-electron chi connectivity index (χ3n) is 3.21. The summed E-state index contributed by atoms with van der Waals surface area (Å²) in [6.45, 7) is 8.21. The van der Waals surface area contributed by atoms with Gasteiger partial charge in [0.25, 0.3) is 0 Å². The van der Waals surface area contributed by atoms with Crippen LogP contribution in [0.25, 0.3) is 0 Å². The highest BCUT2D eigenvalue weighted by molar-refractivity contribution is 5.80. The maximum Gasteiger partial charge on any atom is 0.326 e. The van der Waals surface area contributed by atoms with Crippen molar-refractivity contribution in [3.05, 3.63) is 42.5 Å². The number of nitrogens with one attached hydrogen (secondary N) is 1. The summed E-state index contributed by atoms with van der Waals surface area (Å²) in [6.07, 6.45) is 3.06. The zero-order valence-electron chi connectivity index (χ0n) is 12.2. The summed E-state index contributed by atoms with van der Waals surface area (Å²) >= 11 is 0. The Kier molecular flexibility index (Phi) is 6.25. The molecule has 0 aliphatic heterocycles. The Morgan fingerprint density at radius 2 is 2.10 bits per heavy atom. The number of phenols is 1. The lowest BCUT2D eigenvalue weighted by Crippen LogP contribution is -2.50. The molecule has 0 fully saturated rings. The van der Waals surface area contributed by atoms with E-state index < -0.39 is 5.54 Å². The van der Waals surface area contributed by atoms with Gasteiger partial charge in [-0.25, -0.2) is 0 Å². The highest BCUT2D eigenvalue weighted by Gasteiger charge is 2.33. The van der Waals surface area contributed by atoms with Gasteiger partial charge in [-0.05, 0) is 44.4 Å². The minimum Gasteiger partial charge on any atom is -0.508 e. The average molecular weight is 277 g/mol. The number of aromatic hydroxyl groups is 1. The van der Waals surface area contributed by atoms with Gasteiger partial charge in [-0.2, -0.15) is 0 Å². The van der Waals surface area contributed by atoms with Crippen molar-refractivity contribution in [2.24, 2.45) is 0 Å². The topological polar surface area (TPSA) is 58.6 Å². The summed E-state index contributed by atoms with van der Waals surface area (Å²) in [5, 5.41) is 12.4. The molecule has 0 bridgehead atoms.